The standard InChI is InChI=1S/C14H24N2O5/c1-3-5-7-20-8-6-15-14(19)16(4-2)12-10-21-9-11(12)13(17)18/h3,11-12H,1,4-10H2,2H3,(H,15,19)(H,17,18). The molecule has 0 aliphatic carbocycles. The van der Waals surface area contributed by atoms with Crippen molar-refractivity contribution >= 4 is 12.0 Å². The fourth-order valence-corrected chi connectivity index (χ4v) is 2.22. The van der Waals surface area contributed by atoms with Gasteiger partial charge in [-0.25, -0.2) is 4.79 Å². The molecule has 0 aromatic rings. The van der Waals surface area contributed by atoms with Crippen LogP contribution in [0.5, 0.6) is 0 Å². The summed E-state index contributed by atoms with van der Waals surface area (Å²) < 4.78 is 10.5. The van der Waals surface area contributed by atoms with E-state index in [9.17, 15) is 9.59 Å². The highest BCUT2D eigenvalue weighted by atomic mass is 16.5. The molecule has 21 heavy (non-hydrogen) atoms. The van der Waals surface area contributed by atoms with Crippen molar-refractivity contribution < 1.29 is 24.2 Å². The number of carboxylic acid groups (broad SMARTS) is 1. The molecule has 0 bridgehead atoms. The number of carboxylic acids is 1. The van der Waals surface area contributed by atoms with Crippen molar-refractivity contribution in [2.45, 2.75) is 19.4 Å². The topological polar surface area (TPSA) is 88.1 Å². The number of aliphatic carboxylic acids is 1. The second-order valence-corrected chi connectivity index (χ2v) is 4.76. The van der Waals surface area contributed by atoms with Crippen LogP contribution in [0.25, 0.3) is 0 Å². The normalized spacial score (nSPS) is 21.0. The summed E-state index contributed by atoms with van der Waals surface area (Å²) in [6.07, 6.45) is 2.54. The first-order valence-corrected chi connectivity index (χ1v) is 7.15. The number of amides is 2. The Labute approximate surface area is 124 Å². The number of likely N-dealkylation sites (N-methyl/N-ethyl adjacent to an activating group) is 1. The number of nitrogens with one attached hydrogen (secondary N) is 1. The molecule has 1 saturated heterocycles. The van der Waals surface area contributed by atoms with Gasteiger partial charge in [0, 0.05) is 13.1 Å². The number of urea groups is 1. The van der Waals surface area contributed by atoms with Crippen molar-refractivity contribution in [1.29, 1.82) is 0 Å². The molecule has 1 heterocycles. The summed E-state index contributed by atoms with van der Waals surface area (Å²) in [5, 5.41) is 11.9. The van der Waals surface area contributed by atoms with Crippen LogP contribution in [0.15, 0.2) is 12.7 Å². The van der Waals surface area contributed by atoms with Gasteiger partial charge in [-0.3, -0.25) is 4.79 Å². The van der Waals surface area contributed by atoms with Crippen molar-refractivity contribution in [2.24, 2.45) is 5.92 Å². The Morgan fingerprint density at radius 1 is 1.48 bits per heavy atom. The van der Waals surface area contributed by atoms with Crippen LogP contribution in [0.4, 0.5) is 4.79 Å². The van der Waals surface area contributed by atoms with Gasteiger partial charge in [0.2, 0.25) is 0 Å². The third kappa shape index (κ3) is 5.35. The molecule has 0 spiro atoms. The number of rotatable bonds is 9. The van der Waals surface area contributed by atoms with Crippen LogP contribution in [-0.2, 0) is 14.3 Å². The van der Waals surface area contributed by atoms with Crippen LogP contribution in [0.2, 0.25) is 0 Å². The average Bonchev–Trinajstić information content (AvgIpc) is 2.93. The van der Waals surface area contributed by atoms with Crippen molar-refractivity contribution in [3.8, 4) is 0 Å². The average molecular weight is 300 g/mol. The van der Waals surface area contributed by atoms with E-state index < -0.39 is 17.9 Å². The van der Waals surface area contributed by atoms with E-state index in [0.29, 0.717) is 26.3 Å². The Hall–Kier alpha value is -1.60. The van der Waals surface area contributed by atoms with E-state index in [2.05, 4.69) is 11.9 Å². The number of nitrogens with zero attached hydrogens (tertiary/aromatic N) is 1. The van der Waals surface area contributed by atoms with Gasteiger partial charge >= 0.3 is 12.0 Å². The first-order valence-electron chi connectivity index (χ1n) is 7.15. The minimum absolute atomic E-state index is 0.147. The summed E-state index contributed by atoms with van der Waals surface area (Å²) in [5.74, 6) is -1.60. The molecule has 2 N–H and O–H groups in total. The van der Waals surface area contributed by atoms with Gasteiger partial charge in [-0.2, -0.15) is 0 Å². The first kappa shape index (κ1) is 17.5. The Bertz CT molecular complexity index is 361. The van der Waals surface area contributed by atoms with E-state index in [-0.39, 0.29) is 19.2 Å². The molecule has 1 aliphatic rings. The molecule has 2 atom stereocenters. The molecule has 1 rings (SSSR count). The maximum atomic E-state index is 12.1. The van der Waals surface area contributed by atoms with Gasteiger partial charge in [-0.05, 0) is 13.3 Å². The number of hydrogen-bond donors (Lipinski definition) is 2. The molecule has 1 fully saturated rings. The highest BCUT2D eigenvalue weighted by Gasteiger charge is 2.39. The quantitative estimate of drug-likeness (QED) is 0.483. The van der Waals surface area contributed by atoms with Gasteiger partial charge in [-0.15, -0.1) is 6.58 Å². The number of ether oxygens (including phenoxy) is 2. The van der Waals surface area contributed by atoms with Crippen LogP contribution in [-0.4, -0.2) is 67.6 Å². The minimum atomic E-state index is -0.934. The SMILES string of the molecule is C=CCCOCCNC(=O)N(CC)C1COCC1C(=O)O. The molecule has 0 saturated carbocycles. The van der Waals surface area contributed by atoms with Crippen molar-refractivity contribution in [3.63, 3.8) is 0 Å². The van der Waals surface area contributed by atoms with Crippen LogP contribution in [0.1, 0.15) is 13.3 Å². The largest absolute Gasteiger partial charge is 0.481 e. The van der Waals surface area contributed by atoms with Gasteiger partial charge in [0.25, 0.3) is 0 Å². The van der Waals surface area contributed by atoms with Gasteiger partial charge < -0.3 is 24.8 Å². The zero-order valence-electron chi connectivity index (χ0n) is 12.4. The van der Waals surface area contributed by atoms with Crippen LogP contribution < -0.4 is 5.32 Å². The van der Waals surface area contributed by atoms with Crippen molar-refractivity contribution in [2.75, 3.05) is 39.5 Å². The summed E-state index contributed by atoms with van der Waals surface area (Å²) in [6, 6.07) is -0.708. The third-order valence-electron chi connectivity index (χ3n) is 3.36. The van der Waals surface area contributed by atoms with E-state index in [4.69, 9.17) is 14.6 Å². The molecule has 2 unspecified atom stereocenters. The summed E-state index contributed by atoms with van der Waals surface area (Å²) in [5.41, 5.74) is 0. The lowest BCUT2D eigenvalue weighted by molar-refractivity contribution is -0.142. The maximum Gasteiger partial charge on any atom is 0.317 e. The van der Waals surface area contributed by atoms with Crippen LogP contribution >= 0.6 is 0 Å². The molecular weight excluding hydrogens is 276 g/mol. The van der Waals surface area contributed by atoms with Gasteiger partial charge in [-0.1, -0.05) is 6.08 Å². The van der Waals surface area contributed by atoms with Gasteiger partial charge in [0.05, 0.1) is 32.5 Å². The molecule has 7 nitrogen and oxygen atoms in total. The van der Waals surface area contributed by atoms with E-state index in [1.807, 2.05) is 6.92 Å². The summed E-state index contributed by atoms with van der Waals surface area (Å²) in [7, 11) is 0. The third-order valence-corrected chi connectivity index (χ3v) is 3.36. The smallest absolute Gasteiger partial charge is 0.317 e. The highest BCUT2D eigenvalue weighted by Crippen LogP contribution is 2.20. The van der Waals surface area contributed by atoms with Crippen LogP contribution in [0, 0.1) is 5.92 Å². The van der Waals surface area contributed by atoms with Gasteiger partial charge in [0.15, 0.2) is 0 Å². The van der Waals surface area contributed by atoms with Crippen LogP contribution in [0.3, 0.4) is 0 Å². The number of carbonyl (C=O) groups is 2. The lowest BCUT2D eigenvalue weighted by Crippen LogP contribution is -2.51. The van der Waals surface area contributed by atoms with E-state index in [1.54, 1.807) is 6.08 Å². The number of hydrogen-bond acceptors (Lipinski definition) is 4. The Balaban J connectivity index is 2.38. The Kier molecular flexibility index (Phi) is 7.78. The van der Waals surface area contributed by atoms with Gasteiger partial charge in [0.1, 0.15) is 5.92 Å². The Morgan fingerprint density at radius 3 is 2.86 bits per heavy atom. The highest BCUT2D eigenvalue weighted by molar-refractivity contribution is 5.77. The number of carbonyl (C=O) groups excluding carboxylic acids is 1. The summed E-state index contributed by atoms with van der Waals surface area (Å²) in [4.78, 5) is 24.8. The fraction of sp³-hybridized carbons (Fsp3) is 0.714. The predicted octanol–water partition coefficient (Wildman–Crippen LogP) is 0.710. The second-order valence-electron chi connectivity index (χ2n) is 4.76. The van der Waals surface area contributed by atoms with E-state index in [1.165, 1.54) is 4.90 Å². The molecule has 0 radical (unpaired) electrons. The first-order chi connectivity index (χ1) is 10.1. The predicted molar refractivity (Wildman–Crippen MR) is 77.1 cm³/mol. The minimum Gasteiger partial charge on any atom is -0.481 e. The van der Waals surface area contributed by atoms with E-state index in [0.717, 1.165) is 6.42 Å². The zero-order valence-corrected chi connectivity index (χ0v) is 12.4. The maximum absolute atomic E-state index is 12.1. The zero-order chi connectivity index (χ0) is 15.7. The monoisotopic (exact) mass is 300 g/mol. The molecule has 7 heteroatoms. The lowest BCUT2D eigenvalue weighted by atomic mass is 10.0. The van der Waals surface area contributed by atoms with E-state index >= 15 is 0 Å². The summed E-state index contributed by atoms with van der Waals surface area (Å²) in [6.45, 7) is 7.63. The summed E-state index contributed by atoms with van der Waals surface area (Å²) >= 11 is 0. The molecule has 0 aromatic carbocycles. The molecule has 1 aliphatic heterocycles. The van der Waals surface area contributed by atoms with Crippen molar-refractivity contribution in [3.05, 3.63) is 12.7 Å². The Morgan fingerprint density at radius 2 is 2.24 bits per heavy atom. The second kappa shape index (κ2) is 9.36. The molecule has 0 aromatic heterocycles. The molecular formula is C14H24N2O5. The molecule has 120 valence electrons. The lowest BCUT2D eigenvalue weighted by Gasteiger charge is -2.29. The van der Waals surface area contributed by atoms with Crippen molar-refractivity contribution in [1.82, 2.24) is 10.2 Å². The fourth-order valence-electron chi connectivity index (χ4n) is 2.22. The molecule has 2 amide bonds.